The second-order valence-corrected chi connectivity index (χ2v) is 9.49. The van der Waals surface area contributed by atoms with E-state index in [0.29, 0.717) is 58.0 Å². The Kier molecular flexibility index (Phi) is 6.91. The second-order valence-electron chi connectivity index (χ2n) is 7.55. The van der Waals surface area contributed by atoms with Crippen LogP contribution in [0.25, 0.3) is 0 Å². The molecule has 0 atom stereocenters. The quantitative estimate of drug-likeness (QED) is 0.460. The zero-order valence-electron chi connectivity index (χ0n) is 17.3. The lowest BCUT2D eigenvalue weighted by molar-refractivity contribution is -0.384. The number of piperazine rings is 2. The Labute approximate surface area is 176 Å². The average Bonchev–Trinajstić information content (AvgIpc) is 2.74. The van der Waals surface area contributed by atoms with Crippen molar-refractivity contribution in [3.8, 4) is 0 Å². The van der Waals surface area contributed by atoms with Crippen LogP contribution in [0.15, 0.2) is 23.1 Å². The SMILES string of the molecule is CNC(=O)CN1CCN(c2ccc(S(=O)(=O)N3CCN(C)CC3)cc2[N+](=O)[O-])CC1. The average molecular weight is 441 g/mol. The Balaban J connectivity index is 1.78. The molecular weight excluding hydrogens is 412 g/mol. The molecular formula is C18H28N6O5S. The number of nitro benzene ring substituents is 1. The highest BCUT2D eigenvalue weighted by Crippen LogP contribution is 2.32. The molecule has 0 saturated carbocycles. The molecule has 0 aliphatic carbocycles. The number of carbonyl (C=O) groups is 1. The summed E-state index contributed by atoms with van der Waals surface area (Å²) in [4.78, 5) is 28.5. The number of sulfonamides is 1. The fourth-order valence-corrected chi connectivity index (χ4v) is 5.13. The predicted molar refractivity (Wildman–Crippen MR) is 112 cm³/mol. The normalized spacial score (nSPS) is 19.6. The topological polar surface area (TPSA) is 119 Å². The van der Waals surface area contributed by atoms with Crippen molar-refractivity contribution >= 4 is 27.3 Å². The predicted octanol–water partition coefficient (Wildman–Crippen LogP) is -0.601. The van der Waals surface area contributed by atoms with E-state index in [9.17, 15) is 23.3 Å². The van der Waals surface area contributed by atoms with Crippen molar-refractivity contribution in [2.75, 3.05) is 77.9 Å². The van der Waals surface area contributed by atoms with Crippen molar-refractivity contribution in [2.24, 2.45) is 0 Å². The van der Waals surface area contributed by atoms with Crippen LogP contribution in [0.2, 0.25) is 0 Å². The molecule has 2 aliphatic heterocycles. The standard InChI is InChI=1S/C18H28N6O5S/c1-19-18(25)14-21-7-9-22(10-8-21)16-4-3-15(13-17(16)24(26)27)30(28,29)23-11-5-20(2)6-12-23/h3-4,13H,5-12,14H2,1-2H3,(H,19,25). The van der Waals surface area contributed by atoms with Crippen molar-refractivity contribution in [3.05, 3.63) is 28.3 Å². The van der Waals surface area contributed by atoms with Gasteiger partial charge in [0.15, 0.2) is 0 Å². The molecule has 2 fully saturated rings. The van der Waals surface area contributed by atoms with Crippen LogP contribution in [-0.4, -0.2) is 106 Å². The van der Waals surface area contributed by atoms with Gasteiger partial charge in [-0.3, -0.25) is 19.8 Å². The minimum atomic E-state index is -3.78. The maximum Gasteiger partial charge on any atom is 0.293 e. The number of carbonyl (C=O) groups excluding carboxylic acids is 1. The third-order valence-electron chi connectivity index (χ3n) is 5.60. The molecule has 1 amide bonds. The van der Waals surface area contributed by atoms with Crippen LogP contribution < -0.4 is 10.2 Å². The molecule has 0 spiro atoms. The van der Waals surface area contributed by atoms with Gasteiger partial charge in [0.05, 0.1) is 16.4 Å². The molecule has 3 rings (SSSR count). The molecule has 166 valence electrons. The highest BCUT2D eigenvalue weighted by Gasteiger charge is 2.31. The van der Waals surface area contributed by atoms with Crippen LogP contribution in [-0.2, 0) is 14.8 Å². The molecule has 30 heavy (non-hydrogen) atoms. The molecule has 2 heterocycles. The maximum absolute atomic E-state index is 13.0. The summed E-state index contributed by atoms with van der Waals surface area (Å²) in [5, 5.41) is 14.3. The highest BCUT2D eigenvalue weighted by atomic mass is 32.2. The fourth-order valence-electron chi connectivity index (χ4n) is 3.68. The molecule has 0 bridgehead atoms. The summed E-state index contributed by atoms with van der Waals surface area (Å²) < 4.78 is 27.3. The van der Waals surface area contributed by atoms with Gasteiger partial charge in [0.2, 0.25) is 15.9 Å². The molecule has 1 N–H and O–H groups in total. The molecule has 2 saturated heterocycles. The number of anilines is 1. The third-order valence-corrected chi connectivity index (χ3v) is 7.50. The molecule has 0 unspecified atom stereocenters. The molecule has 12 heteroatoms. The van der Waals surface area contributed by atoms with Gasteiger partial charge >= 0.3 is 0 Å². The second kappa shape index (κ2) is 9.25. The maximum atomic E-state index is 13.0. The van der Waals surface area contributed by atoms with E-state index in [0.717, 1.165) is 0 Å². The van der Waals surface area contributed by atoms with E-state index in [1.807, 2.05) is 21.7 Å². The van der Waals surface area contributed by atoms with E-state index in [4.69, 9.17) is 0 Å². The molecule has 11 nitrogen and oxygen atoms in total. The molecule has 0 aromatic heterocycles. The highest BCUT2D eigenvalue weighted by molar-refractivity contribution is 7.89. The smallest absolute Gasteiger partial charge is 0.293 e. The van der Waals surface area contributed by atoms with E-state index in [2.05, 4.69) is 5.32 Å². The Morgan fingerprint density at radius 2 is 1.73 bits per heavy atom. The largest absolute Gasteiger partial charge is 0.363 e. The van der Waals surface area contributed by atoms with Gasteiger partial charge in [-0.1, -0.05) is 0 Å². The number of likely N-dealkylation sites (N-methyl/N-ethyl adjacent to an activating group) is 2. The van der Waals surface area contributed by atoms with E-state index >= 15 is 0 Å². The van der Waals surface area contributed by atoms with Gasteiger partial charge in [0.1, 0.15) is 5.69 Å². The van der Waals surface area contributed by atoms with Gasteiger partial charge in [-0.05, 0) is 19.2 Å². The molecule has 1 aromatic carbocycles. The third kappa shape index (κ3) is 4.89. The number of nitrogens with one attached hydrogen (secondary N) is 1. The first kappa shape index (κ1) is 22.4. The Bertz CT molecular complexity index is 892. The summed E-state index contributed by atoms with van der Waals surface area (Å²) in [5.41, 5.74) is 0.182. The van der Waals surface area contributed by atoms with Gasteiger partial charge in [-0.15, -0.1) is 0 Å². The first-order valence-electron chi connectivity index (χ1n) is 9.87. The van der Waals surface area contributed by atoms with Gasteiger partial charge in [0, 0.05) is 65.5 Å². The Hall–Kier alpha value is -2.28. The van der Waals surface area contributed by atoms with Gasteiger partial charge in [-0.2, -0.15) is 4.31 Å². The Morgan fingerprint density at radius 1 is 1.10 bits per heavy atom. The van der Waals surface area contributed by atoms with E-state index < -0.39 is 14.9 Å². The minimum absolute atomic E-state index is 0.0549. The van der Waals surface area contributed by atoms with Gasteiger partial charge < -0.3 is 15.1 Å². The first-order chi connectivity index (χ1) is 14.2. The summed E-state index contributed by atoms with van der Waals surface area (Å²) in [6.07, 6.45) is 0. The summed E-state index contributed by atoms with van der Waals surface area (Å²) in [5.74, 6) is -0.0760. The van der Waals surface area contributed by atoms with Crippen LogP contribution in [0.1, 0.15) is 0 Å². The lowest BCUT2D eigenvalue weighted by Crippen LogP contribution is -2.49. The van der Waals surface area contributed by atoms with Crippen LogP contribution in [0.4, 0.5) is 11.4 Å². The lowest BCUT2D eigenvalue weighted by atomic mass is 10.2. The summed E-state index contributed by atoms with van der Waals surface area (Å²) >= 11 is 0. The van der Waals surface area contributed by atoms with Gasteiger partial charge in [-0.25, -0.2) is 8.42 Å². The zero-order chi connectivity index (χ0) is 21.9. The van der Waals surface area contributed by atoms with Crippen molar-refractivity contribution in [1.29, 1.82) is 0 Å². The summed E-state index contributed by atoms with van der Waals surface area (Å²) in [6, 6.07) is 4.14. The van der Waals surface area contributed by atoms with Crippen molar-refractivity contribution in [2.45, 2.75) is 4.90 Å². The number of amides is 1. The molecule has 0 radical (unpaired) electrons. The van der Waals surface area contributed by atoms with Crippen LogP contribution in [0, 0.1) is 10.1 Å². The monoisotopic (exact) mass is 440 g/mol. The number of nitro groups is 1. The van der Waals surface area contributed by atoms with Crippen LogP contribution in [0.5, 0.6) is 0 Å². The number of hydrogen-bond acceptors (Lipinski definition) is 8. The van der Waals surface area contributed by atoms with E-state index in [-0.39, 0.29) is 23.0 Å². The first-order valence-corrected chi connectivity index (χ1v) is 11.3. The van der Waals surface area contributed by atoms with Crippen molar-refractivity contribution < 1.29 is 18.1 Å². The van der Waals surface area contributed by atoms with E-state index in [1.165, 1.54) is 22.5 Å². The molecule has 1 aromatic rings. The number of rotatable bonds is 6. The summed E-state index contributed by atoms with van der Waals surface area (Å²) in [7, 11) is -0.271. The number of nitrogens with zero attached hydrogens (tertiary/aromatic N) is 5. The van der Waals surface area contributed by atoms with Gasteiger partial charge in [0.25, 0.3) is 5.69 Å². The lowest BCUT2D eigenvalue weighted by Gasteiger charge is -2.35. The number of benzene rings is 1. The summed E-state index contributed by atoms with van der Waals surface area (Å²) in [6.45, 7) is 4.47. The van der Waals surface area contributed by atoms with Crippen molar-refractivity contribution in [3.63, 3.8) is 0 Å². The zero-order valence-corrected chi connectivity index (χ0v) is 18.1. The minimum Gasteiger partial charge on any atom is -0.363 e. The Morgan fingerprint density at radius 3 is 2.30 bits per heavy atom. The van der Waals surface area contributed by atoms with Crippen LogP contribution in [0.3, 0.4) is 0 Å². The van der Waals surface area contributed by atoms with Crippen molar-refractivity contribution in [1.82, 2.24) is 19.4 Å². The molecule has 2 aliphatic rings. The van der Waals surface area contributed by atoms with Crippen LogP contribution >= 0.6 is 0 Å². The van der Waals surface area contributed by atoms with E-state index in [1.54, 1.807) is 7.05 Å². The fraction of sp³-hybridized carbons (Fsp3) is 0.611. The number of hydrogen-bond donors (Lipinski definition) is 1.